The van der Waals surface area contributed by atoms with E-state index in [1.54, 1.807) is 6.92 Å². The van der Waals surface area contributed by atoms with Gasteiger partial charge in [0.15, 0.2) is 0 Å². The number of aliphatic carboxylic acids is 1. The standard InChI is InChI=1S/C17H27NO3/c1-12(2)14-7-6-8-15(11-14)21-10-9-17(5,16(19)20)18-13(3)4/h6-8,11-13,18H,9-10H2,1-5H3,(H,19,20). The predicted octanol–water partition coefficient (Wildman–Crippen LogP) is 3.42. The number of hydrogen-bond donors (Lipinski definition) is 2. The fourth-order valence-corrected chi connectivity index (χ4v) is 2.21. The van der Waals surface area contributed by atoms with Gasteiger partial charge < -0.3 is 9.84 Å². The van der Waals surface area contributed by atoms with Gasteiger partial charge in [-0.2, -0.15) is 0 Å². The van der Waals surface area contributed by atoms with Gasteiger partial charge >= 0.3 is 5.97 Å². The molecular formula is C17H27NO3. The summed E-state index contributed by atoms with van der Waals surface area (Å²) >= 11 is 0. The van der Waals surface area contributed by atoms with Crippen molar-refractivity contribution in [3.8, 4) is 5.75 Å². The topological polar surface area (TPSA) is 58.6 Å². The van der Waals surface area contributed by atoms with E-state index in [1.807, 2.05) is 32.0 Å². The normalized spacial score (nSPS) is 14.2. The van der Waals surface area contributed by atoms with Crippen LogP contribution in [-0.4, -0.2) is 29.3 Å². The molecule has 0 spiro atoms. The summed E-state index contributed by atoms with van der Waals surface area (Å²) in [4.78, 5) is 11.4. The van der Waals surface area contributed by atoms with E-state index in [4.69, 9.17) is 4.74 Å². The minimum absolute atomic E-state index is 0.107. The van der Waals surface area contributed by atoms with Crippen LogP contribution in [0.2, 0.25) is 0 Å². The summed E-state index contributed by atoms with van der Waals surface area (Å²) in [5, 5.41) is 12.5. The second-order valence-electron chi connectivity index (χ2n) is 6.26. The Morgan fingerprint density at radius 2 is 2.00 bits per heavy atom. The molecule has 1 unspecified atom stereocenters. The fraction of sp³-hybridized carbons (Fsp3) is 0.588. The van der Waals surface area contributed by atoms with Crippen LogP contribution in [0.3, 0.4) is 0 Å². The second-order valence-corrected chi connectivity index (χ2v) is 6.26. The third-order valence-electron chi connectivity index (χ3n) is 3.47. The smallest absolute Gasteiger partial charge is 0.323 e. The Labute approximate surface area is 127 Å². The Morgan fingerprint density at radius 3 is 2.52 bits per heavy atom. The Hall–Kier alpha value is -1.55. The SMILES string of the molecule is CC(C)NC(C)(CCOc1cccc(C(C)C)c1)C(=O)O. The Bertz CT molecular complexity index is 471. The molecule has 1 aromatic carbocycles. The molecule has 0 radical (unpaired) electrons. The van der Waals surface area contributed by atoms with Crippen molar-refractivity contribution in [2.24, 2.45) is 0 Å². The van der Waals surface area contributed by atoms with Crippen LogP contribution in [0.1, 0.15) is 52.5 Å². The predicted molar refractivity (Wildman–Crippen MR) is 85.0 cm³/mol. The van der Waals surface area contributed by atoms with E-state index >= 15 is 0 Å². The van der Waals surface area contributed by atoms with Crippen LogP contribution >= 0.6 is 0 Å². The molecule has 1 atom stereocenters. The average Bonchev–Trinajstić information content (AvgIpc) is 2.38. The summed E-state index contributed by atoms with van der Waals surface area (Å²) in [7, 11) is 0. The van der Waals surface area contributed by atoms with Crippen molar-refractivity contribution < 1.29 is 14.6 Å². The summed E-state index contributed by atoms with van der Waals surface area (Å²) in [5.74, 6) is 0.384. The third-order valence-corrected chi connectivity index (χ3v) is 3.47. The Kier molecular flexibility index (Phi) is 6.21. The molecule has 0 saturated heterocycles. The highest BCUT2D eigenvalue weighted by Crippen LogP contribution is 2.21. The number of carboxylic acid groups (broad SMARTS) is 1. The van der Waals surface area contributed by atoms with Crippen molar-refractivity contribution in [2.75, 3.05) is 6.61 Å². The molecule has 0 aromatic heterocycles. The van der Waals surface area contributed by atoms with Crippen LogP contribution < -0.4 is 10.1 Å². The van der Waals surface area contributed by atoms with Crippen LogP contribution in [0, 0.1) is 0 Å². The lowest BCUT2D eigenvalue weighted by molar-refractivity contribution is -0.145. The molecule has 0 fully saturated rings. The third kappa shape index (κ3) is 5.38. The van der Waals surface area contributed by atoms with Gasteiger partial charge in [0.2, 0.25) is 0 Å². The number of carbonyl (C=O) groups is 1. The van der Waals surface area contributed by atoms with Crippen LogP contribution in [0.5, 0.6) is 5.75 Å². The van der Waals surface area contributed by atoms with E-state index in [9.17, 15) is 9.90 Å². The zero-order chi connectivity index (χ0) is 16.0. The maximum Gasteiger partial charge on any atom is 0.323 e. The molecular weight excluding hydrogens is 266 g/mol. The maximum absolute atomic E-state index is 11.4. The molecule has 0 aliphatic heterocycles. The highest BCUT2D eigenvalue weighted by molar-refractivity contribution is 5.78. The molecule has 4 nitrogen and oxygen atoms in total. The molecule has 1 aromatic rings. The van der Waals surface area contributed by atoms with Gasteiger partial charge in [0.05, 0.1) is 6.61 Å². The van der Waals surface area contributed by atoms with Gasteiger partial charge in [-0.05, 0) is 44.4 Å². The van der Waals surface area contributed by atoms with E-state index < -0.39 is 11.5 Å². The van der Waals surface area contributed by atoms with Crippen LogP contribution in [0.15, 0.2) is 24.3 Å². The zero-order valence-electron chi connectivity index (χ0n) is 13.6. The van der Waals surface area contributed by atoms with E-state index in [0.717, 1.165) is 5.75 Å². The number of benzene rings is 1. The summed E-state index contributed by atoms with van der Waals surface area (Å²) in [6, 6.07) is 8.06. The second kappa shape index (κ2) is 7.46. The van der Waals surface area contributed by atoms with E-state index in [2.05, 4.69) is 25.2 Å². The molecule has 0 aliphatic rings. The minimum atomic E-state index is -0.968. The van der Waals surface area contributed by atoms with Gasteiger partial charge in [-0.25, -0.2) is 0 Å². The molecule has 0 heterocycles. The average molecular weight is 293 g/mol. The van der Waals surface area contributed by atoms with E-state index in [0.29, 0.717) is 18.9 Å². The van der Waals surface area contributed by atoms with Gasteiger partial charge in [0.1, 0.15) is 11.3 Å². The van der Waals surface area contributed by atoms with Crippen molar-refractivity contribution in [2.45, 2.75) is 58.5 Å². The Morgan fingerprint density at radius 1 is 1.33 bits per heavy atom. The number of carboxylic acids is 1. The number of rotatable bonds is 8. The lowest BCUT2D eigenvalue weighted by Gasteiger charge is -2.28. The van der Waals surface area contributed by atoms with Crippen LogP contribution in [0.4, 0.5) is 0 Å². The largest absolute Gasteiger partial charge is 0.493 e. The molecule has 0 aliphatic carbocycles. The summed E-state index contributed by atoms with van der Waals surface area (Å²) < 4.78 is 5.72. The lowest BCUT2D eigenvalue weighted by atomic mass is 9.97. The monoisotopic (exact) mass is 293 g/mol. The summed E-state index contributed by atoms with van der Waals surface area (Å²) in [5.41, 5.74) is 0.248. The lowest BCUT2D eigenvalue weighted by Crippen LogP contribution is -2.53. The van der Waals surface area contributed by atoms with Gasteiger partial charge in [-0.15, -0.1) is 0 Å². The van der Waals surface area contributed by atoms with Crippen molar-refractivity contribution in [3.63, 3.8) is 0 Å². The Balaban J connectivity index is 2.62. The van der Waals surface area contributed by atoms with Crippen LogP contribution in [0.25, 0.3) is 0 Å². The van der Waals surface area contributed by atoms with Crippen molar-refractivity contribution in [1.82, 2.24) is 5.32 Å². The first-order valence-electron chi connectivity index (χ1n) is 7.48. The molecule has 0 amide bonds. The summed E-state index contributed by atoms with van der Waals surface area (Å²) in [6.45, 7) is 10.2. The molecule has 1 rings (SSSR count). The van der Waals surface area contributed by atoms with Crippen molar-refractivity contribution in [1.29, 1.82) is 0 Å². The van der Waals surface area contributed by atoms with Crippen molar-refractivity contribution >= 4 is 5.97 Å². The van der Waals surface area contributed by atoms with Gasteiger partial charge in [0, 0.05) is 12.5 Å². The van der Waals surface area contributed by atoms with Gasteiger partial charge in [-0.3, -0.25) is 10.1 Å². The maximum atomic E-state index is 11.4. The molecule has 0 bridgehead atoms. The number of nitrogens with one attached hydrogen (secondary N) is 1. The van der Waals surface area contributed by atoms with Gasteiger partial charge in [-0.1, -0.05) is 26.0 Å². The molecule has 2 N–H and O–H groups in total. The zero-order valence-corrected chi connectivity index (χ0v) is 13.6. The molecule has 118 valence electrons. The first kappa shape index (κ1) is 17.5. The highest BCUT2D eigenvalue weighted by Gasteiger charge is 2.33. The van der Waals surface area contributed by atoms with Crippen molar-refractivity contribution in [3.05, 3.63) is 29.8 Å². The molecule has 21 heavy (non-hydrogen) atoms. The number of hydrogen-bond acceptors (Lipinski definition) is 3. The molecule has 0 saturated carbocycles. The first-order valence-corrected chi connectivity index (χ1v) is 7.48. The minimum Gasteiger partial charge on any atom is -0.493 e. The quantitative estimate of drug-likeness (QED) is 0.771. The van der Waals surface area contributed by atoms with E-state index in [1.165, 1.54) is 5.56 Å². The fourth-order valence-electron chi connectivity index (χ4n) is 2.21. The van der Waals surface area contributed by atoms with Crippen LogP contribution in [-0.2, 0) is 4.79 Å². The number of ether oxygens (including phenoxy) is 1. The first-order chi connectivity index (χ1) is 9.74. The molecule has 4 heteroatoms. The van der Waals surface area contributed by atoms with Gasteiger partial charge in [0.25, 0.3) is 0 Å². The summed E-state index contributed by atoms with van der Waals surface area (Å²) in [6.07, 6.45) is 0.409. The highest BCUT2D eigenvalue weighted by atomic mass is 16.5. The van der Waals surface area contributed by atoms with E-state index in [-0.39, 0.29) is 6.04 Å².